The normalized spacial score (nSPS) is 11.9. The van der Waals surface area contributed by atoms with Crippen LogP contribution in [-0.4, -0.2) is 32.2 Å². The van der Waals surface area contributed by atoms with E-state index in [1.165, 1.54) is 20.2 Å². The van der Waals surface area contributed by atoms with Crippen molar-refractivity contribution in [2.45, 2.75) is 13.8 Å². The average Bonchev–Trinajstić information content (AvgIpc) is 2.67. The van der Waals surface area contributed by atoms with Crippen molar-refractivity contribution in [2.24, 2.45) is 0 Å². The van der Waals surface area contributed by atoms with Gasteiger partial charge in [-0.25, -0.2) is 9.89 Å². The van der Waals surface area contributed by atoms with Gasteiger partial charge in [-0.15, -0.1) is 0 Å². The van der Waals surface area contributed by atoms with Gasteiger partial charge >= 0.3 is 5.97 Å². The molecule has 7 nitrogen and oxygen atoms in total. The largest absolute Gasteiger partial charge is 0.478 e. The number of rotatable bonds is 3. The van der Waals surface area contributed by atoms with Crippen LogP contribution < -0.4 is 5.32 Å². The number of carbonyl (C=O) groups is 2. The summed E-state index contributed by atoms with van der Waals surface area (Å²) in [6, 6.07) is 0. The first-order valence-corrected chi connectivity index (χ1v) is 4.10. The topological polar surface area (TPSA) is 108 Å². The van der Waals surface area contributed by atoms with E-state index in [1.807, 2.05) is 0 Å². The van der Waals surface area contributed by atoms with Crippen molar-refractivity contribution in [1.29, 1.82) is 0 Å². The number of aliphatic carboxylic acids is 1. The van der Waals surface area contributed by atoms with Gasteiger partial charge in [0.05, 0.1) is 0 Å². The third-order valence-electron chi connectivity index (χ3n) is 1.87. The maximum absolute atomic E-state index is 11.4. The van der Waals surface area contributed by atoms with E-state index >= 15 is 0 Å². The molecule has 0 saturated heterocycles. The van der Waals surface area contributed by atoms with E-state index in [0.717, 1.165) is 0 Å². The quantitative estimate of drug-likeness (QED) is 0.616. The third kappa shape index (κ3) is 2.63. The Balaban J connectivity index is 2.78. The SMILES string of the molecule is CC(C(=O)O)=C(C)C(=O)Nc1ncn[nH]1. The number of aromatic nitrogens is 3. The second-order valence-electron chi connectivity index (χ2n) is 2.84. The predicted molar refractivity (Wildman–Crippen MR) is 51.0 cm³/mol. The second-order valence-corrected chi connectivity index (χ2v) is 2.84. The van der Waals surface area contributed by atoms with E-state index in [-0.39, 0.29) is 17.1 Å². The highest BCUT2D eigenvalue weighted by Crippen LogP contribution is 2.06. The fraction of sp³-hybridized carbons (Fsp3) is 0.250. The summed E-state index contributed by atoms with van der Waals surface area (Å²) in [5.74, 6) is -1.47. The first-order chi connectivity index (χ1) is 7.02. The molecule has 0 fully saturated rings. The summed E-state index contributed by atoms with van der Waals surface area (Å²) in [6.45, 7) is 2.78. The predicted octanol–water partition coefficient (Wildman–Crippen LogP) is 0.164. The van der Waals surface area contributed by atoms with E-state index in [4.69, 9.17) is 5.11 Å². The van der Waals surface area contributed by atoms with Crippen LogP contribution >= 0.6 is 0 Å². The van der Waals surface area contributed by atoms with Gasteiger partial charge < -0.3 is 5.11 Å². The fourth-order valence-corrected chi connectivity index (χ4v) is 0.798. The van der Waals surface area contributed by atoms with E-state index in [1.54, 1.807) is 0 Å². The highest BCUT2D eigenvalue weighted by atomic mass is 16.4. The summed E-state index contributed by atoms with van der Waals surface area (Å²) in [5.41, 5.74) is 0.117. The number of carbonyl (C=O) groups excluding carboxylic acids is 1. The Morgan fingerprint density at radius 2 is 2.07 bits per heavy atom. The van der Waals surface area contributed by atoms with Crippen molar-refractivity contribution in [1.82, 2.24) is 15.2 Å². The van der Waals surface area contributed by atoms with Gasteiger partial charge in [0.1, 0.15) is 6.33 Å². The molecule has 15 heavy (non-hydrogen) atoms. The zero-order chi connectivity index (χ0) is 11.4. The average molecular weight is 210 g/mol. The summed E-state index contributed by atoms with van der Waals surface area (Å²) in [4.78, 5) is 25.7. The number of nitrogens with zero attached hydrogens (tertiary/aromatic N) is 2. The summed E-state index contributed by atoms with van der Waals surface area (Å²) in [6.07, 6.45) is 1.23. The summed E-state index contributed by atoms with van der Waals surface area (Å²) < 4.78 is 0. The second kappa shape index (κ2) is 4.36. The summed E-state index contributed by atoms with van der Waals surface area (Å²) in [7, 11) is 0. The van der Waals surface area contributed by atoms with E-state index in [9.17, 15) is 9.59 Å². The minimum Gasteiger partial charge on any atom is -0.478 e. The number of H-pyrrole nitrogens is 1. The number of hydrogen-bond donors (Lipinski definition) is 3. The molecule has 1 amide bonds. The summed E-state index contributed by atoms with van der Waals surface area (Å²) in [5, 5.41) is 17.0. The molecule has 1 aromatic heterocycles. The molecule has 1 rings (SSSR count). The zero-order valence-electron chi connectivity index (χ0n) is 8.24. The highest BCUT2D eigenvalue weighted by Gasteiger charge is 2.13. The number of carboxylic acids is 1. The van der Waals surface area contributed by atoms with Crippen molar-refractivity contribution >= 4 is 17.8 Å². The number of hydrogen-bond acceptors (Lipinski definition) is 4. The number of amides is 1. The molecule has 0 aromatic carbocycles. The van der Waals surface area contributed by atoms with Crippen LogP contribution in [0.5, 0.6) is 0 Å². The zero-order valence-corrected chi connectivity index (χ0v) is 8.24. The van der Waals surface area contributed by atoms with Crippen LogP contribution in [-0.2, 0) is 9.59 Å². The molecule has 1 heterocycles. The summed E-state index contributed by atoms with van der Waals surface area (Å²) >= 11 is 0. The molecule has 0 atom stereocenters. The third-order valence-corrected chi connectivity index (χ3v) is 1.87. The van der Waals surface area contributed by atoms with E-state index in [0.29, 0.717) is 0 Å². The van der Waals surface area contributed by atoms with Crippen LogP contribution in [0.3, 0.4) is 0 Å². The molecule has 0 spiro atoms. The minimum atomic E-state index is -1.12. The Hall–Kier alpha value is -2.18. The Morgan fingerprint density at radius 1 is 1.40 bits per heavy atom. The Bertz CT molecular complexity index is 408. The molecule has 3 N–H and O–H groups in total. The highest BCUT2D eigenvalue weighted by molar-refractivity contribution is 6.07. The van der Waals surface area contributed by atoms with Crippen molar-refractivity contribution in [2.75, 3.05) is 5.32 Å². The molecular formula is C8H10N4O3. The van der Waals surface area contributed by atoms with Gasteiger partial charge in [0, 0.05) is 11.1 Å². The first-order valence-electron chi connectivity index (χ1n) is 4.10. The maximum Gasteiger partial charge on any atom is 0.331 e. The van der Waals surface area contributed by atoms with Crippen LogP contribution in [0.2, 0.25) is 0 Å². The van der Waals surface area contributed by atoms with Crippen LogP contribution in [0.25, 0.3) is 0 Å². The van der Waals surface area contributed by atoms with Crippen molar-refractivity contribution < 1.29 is 14.7 Å². The molecule has 1 aromatic rings. The molecular weight excluding hydrogens is 200 g/mol. The van der Waals surface area contributed by atoms with Crippen molar-refractivity contribution in [3.63, 3.8) is 0 Å². The van der Waals surface area contributed by atoms with Gasteiger partial charge in [-0.1, -0.05) is 0 Å². The Labute approximate surface area is 85.2 Å². The van der Waals surface area contributed by atoms with Gasteiger partial charge in [0.2, 0.25) is 5.95 Å². The molecule has 80 valence electrons. The number of nitrogens with one attached hydrogen (secondary N) is 2. The maximum atomic E-state index is 11.4. The van der Waals surface area contributed by atoms with Crippen molar-refractivity contribution in [3.8, 4) is 0 Å². The number of aromatic amines is 1. The fourth-order valence-electron chi connectivity index (χ4n) is 0.798. The van der Waals surface area contributed by atoms with Gasteiger partial charge in [-0.05, 0) is 13.8 Å². The molecule has 0 radical (unpaired) electrons. The standard InChI is InChI=1S/C8H10N4O3/c1-4(5(2)7(14)15)6(13)11-8-9-3-10-12-8/h3H,1-2H3,(H,14,15)(H2,9,10,11,12,13). The molecule has 0 unspecified atom stereocenters. The van der Waals surface area contributed by atoms with Crippen molar-refractivity contribution in [3.05, 3.63) is 17.5 Å². The molecule has 0 aliphatic heterocycles. The van der Waals surface area contributed by atoms with Crippen LogP contribution in [0.4, 0.5) is 5.95 Å². The molecule has 0 aliphatic carbocycles. The van der Waals surface area contributed by atoms with Gasteiger partial charge in [-0.2, -0.15) is 10.1 Å². The molecule has 0 aliphatic rings. The monoisotopic (exact) mass is 210 g/mol. The smallest absolute Gasteiger partial charge is 0.331 e. The van der Waals surface area contributed by atoms with Gasteiger partial charge in [0.15, 0.2) is 0 Å². The lowest BCUT2D eigenvalue weighted by Crippen LogP contribution is -2.17. The minimum absolute atomic E-state index is 0.00739. The lowest BCUT2D eigenvalue weighted by atomic mass is 10.1. The van der Waals surface area contributed by atoms with Crippen LogP contribution in [0.1, 0.15) is 13.8 Å². The van der Waals surface area contributed by atoms with Crippen LogP contribution in [0.15, 0.2) is 17.5 Å². The Kier molecular flexibility index (Phi) is 3.17. The Morgan fingerprint density at radius 3 is 2.53 bits per heavy atom. The van der Waals surface area contributed by atoms with E-state index in [2.05, 4.69) is 20.5 Å². The lowest BCUT2D eigenvalue weighted by Gasteiger charge is -2.03. The first kappa shape index (κ1) is 10.9. The molecule has 0 saturated carbocycles. The molecule has 7 heteroatoms. The van der Waals surface area contributed by atoms with Gasteiger partial charge in [-0.3, -0.25) is 10.1 Å². The number of anilines is 1. The molecule has 0 bridgehead atoms. The number of carboxylic acid groups (broad SMARTS) is 1. The van der Waals surface area contributed by atoms with Crippen LogP contribution in [0, 0.1) is 0 Å². The van der Waals surface area contributed by atoms with E-state index < -0.39 is 11.9 Å². The lowest BCUT2D eigenvalue weighted by molar-refractivity contribution is -0.133. The van der Waals surface area contributed by atoms with Gasteiger partial charge in [0.25, 0.3) is 5.91 Å².